The SMILES string of the molecule is C[C@H](CO)N1C[C@H](C)[C@H](CN(C)C(=O)CC2CC2)Oc2ncc(C#CC3(O)CCCC3)cc2C1=O. The van der Waals surface area contributed by atoms with Crippen molar-refractivity contribution in [1.29, 1.82) is 0 Å². The number of aliphatic hydroxyl groups is 2. The van der Waals surface area contributed by atoms with Gasteiger partial charge in [-0.05, 0) is 57.4 Å². The lowest BCUT2D eigenvalue weighted by Gasteiger charge is -2.37. The number of pyridine rings is 1. The minimum Gasteiger partial charge on any atom is -0.472 e. The highest BCUT2D eigenvalue weighted by Crippen LogP contribution is 2.33. The van der Waals surface area contributed by atoms with Crippen LogP contribution in [0.4, 0.5) is 0 Å². The molecule has 3 aliphatic rings. The maximum absolute atomic E-state index is 13.5. The van der Waals surface area contributed by atoms with Crippen LogP contribution in [-0.2, 0) is 4.79 Å². The normalized spacial score (nSPS) is 24.4. The number of amides is 2. The molecule has 3 atom stereocenters. The van der Waals surface area contributed by atoms with Crippen LogP contribution >= 0.6 is 0 Å². The summed E-state index contributed by atoms with van der Waals surface area (Å²) >= 11 is 0. The molecule has 0 saturated heterocycles. The van der Waals surface area contributed by atoms with Gasteiger partial charge in [0.2, 0.25) is 11.8 Å². The van der Waals surface area contributed by atoms with Crippen molar-refractivity contribution >= 4 is 11.8 Å². The summed E-state index contributed by atoms with van der Waals surface area (Å²) < 4.78 is 6.26. The van der Waals surface area contributed by atoms with E-state index in [1.807, 2.05) is 6.92 Å². The Balaban J connectivity index is 1.61. The molecule has 2 fully saturated rings. The van der Waals surface area contributed by atoms with Gasteiger partial charge in [-0.15, -0.1) is 0 Å². The number of aromatic nitrogens is 1. The number of fused-ring (bicyclic) bond motifs is 1. The molecule has 8 nitrogen and oxygen atoms in total. The highest BCUT2D eigenvalue weighted by Gasteiger charge is 2.35. The van der Waals surface area contributed by atoms with E-state index in [1.54, 1.807) is 36.0 Å². The molecule has 2 N–H and O–H groups in total. The molecule has 8 heteroatoms. The van der Waals surface area contributed by atoms with Gasteiger partial charge in [-0.3, -0.25) is 9.59 Å². The average molecular weight is 484 g/mol. The van der Waals surface area contributed by atoms with Crippen molar-refractivity contribution in [2.24, 2.45) is 11.8 Å². The zero-order valence-corrected chi connectivity index (χ0v) is 21.0. The lowest BCUT2D eigenvalue weighted by molar-refractivity contribution is -0.131. The Morgan fingerprint density at radius 3 is 2.74 bits per heavy atom. The number of rotatable bonds is 6. The zero-order valence-electron chi connectivity index (χ0n) is 21.0. The van der Waals surface area contributed by atoms with Crippen molar-refractivity contribution in [3.63, 3.8) is 0 Å². The van der Waals surface area contributed by atoms with Crippen molar-refractivity contribution in [2.75, 3.05) is 26.7 Å². The third-order valence-corrected chi connectivity index (χ3v) is 7.43. The largest absolute Gasteiger partial charge is 0.472 e. The third-order valence-electron chi connectivity index (χ3n) is 7.43. The highest BCUT2D eigenvalue weighted by atomic mass is 16.5. The van der Waals surface area contributed by atoms with Gasteiger partial charge in [-0.2, -0.15) is 0 Å². The Morgan fingerprint density at radius 1 is 1.37 bits per heavy atom. The molecule has 190 valence electrons. The molecule has 35 heavy (non-hydrogen) atoms. The lowest BCUT2D eigenvalue weighted by Crippen LogP contribution is -2.50. The van der Waals surface area contributed by atoms with E-state index in [2.05, 4.69) is 16.8 Å². The highest BCUT2D eigenvalue weighted by molar-refractivity contribution is 5.97. The predicted molar refractivity (Wildman–Crippen MR) is 131 cm³/mol. The number of likely N-dealkylation sites (N-methyl/N-ethyl adjacent to an activating group) is 1. The van der Waals surface area contributed by atoms with Crippen molar-refractivity contribution in [3.8, 4) is 17.7 Å². The Hall–Kier alpha value is -2.63. The Morgan fingerprint density at radius 2 is 2.09 bits per heavy atom. The second-order valence-electron chi connectivity index (χ2n) is 10.6. The molecule has 1 aliphatic heterocycles. The number of hydrogen-bond acceptors (Lipinski definition) is 6. The molecule has 2 amide bonds. The molecule has 2 aliphatic carbocycles. The van der Waals surface area contributed by atoms with Crippen LogP contribution in [0.5, 0.6) is 5.88 Å². The minimum atomic E-state index is -0.986. The van der Waals surface area contributed by atoms with E-state index in [0.29, 0.717) is 43.8 Å². The molecule has 0 bridgehead atoms. The van der Waals surface area contributed by atoms with Crippen molar-refractivity contribution in [1.82, 2.24) is 14.8 Å². The first-order valence-corrected chi connectivity index (χ1v) is 12.8. The molecule has 4 rings (SSSR count). The van der Waals surface area contributed by atoms with E-state index < -0.39 is 5.60 Å². The molecule has 1 aromatic heterocycles. The maximum Gasteiger partial charge on any atom is 0.259 e. The fourth-order valence-corrected chi connectivity index (χ4v) is 4.76. The number of hydrogen-bond donors (Lipinski definition) is 2. The number of ether oxygens (including phenoxy) is 1. The zero-order chi connectivity index (χ0) is 25.2. The second kappa shape index (κ2) is 10.5. The van der Waals surface area contributed by atoms with E-state index >= 15 is 0 Å². The van der Waals surface area contributed by atoms with Gasteiger partial charge in [0.1, 0.15) is 17.3 Å². The lowest BCUT2D eigenvalue weighted by atomic mass is 9.99. The summed E-state index contributed by atoms with van der Waals surface area (Å²) in [5, 5.41) is 20.4. The van der Waals surface area contributed by atoms with E-state index in [0.717, 1.165) is 25.7 Å². The molecular formula is C27H37N3O5. The van der Waals surface area contributed by atoms with Gasteiger partial charge in [0.15, 0.2) is 0 Å². The van der Waals surface area contributed by atoms with Crippen LogP contribution < -0.4 is 4.74 Å². The van der Waals surface area contributed by atoms with Crippen LogP contribution in [0.15, 0.2) is 12.3 Å². The van der Waals surface area contributed by atoms with Crippen LogP contribution in [0.3, 0.4) is 0 Å². The Labute approximate surface area is 207 Å². The number of nitrogens with zero attached hydrogens (tertiary/aromatic N) is 3. The van der Waals surface area contributed by atoms with Crippen LogP contribution in [-0.4, -0.2) is 81.3 Å². The summed E-state index contributed by atoms with van der Waals surface area (Å²) in [4.78, 5) is 33.9. The fourth-order valence-electron chi connectivity index (χ4n) is 4.76. The van der Waals surface area contributed by atoms with E-state index in [-0.39, 0.29) is 47.9 Å². The van der Waals surface area contributed by atoms with Crippen LogP contribution in [0, 0.1) is 23.7 Å². The maximum atomic E-state index is 13.5. The van der Waals surface area contributed by atoms with Gasteiger partial charge in [0.25, 0.3) is 5.91 Å². The summed E-state index contributed by atoms with van der Waals surface area (Å²) in [6.07, 6.45) is 7.18. The second-order valence-corrected chi connectivity index (χ2v) is 10.6. The van der Waals surface area contributed by atoms with E-state index in [4.69, 9.17) is 4.74 Å². The van der Waals surface area contributed by atoms with Crippen LogP contribution in [0.2, 0.25) is 0 Å². The molecule has 1 aromatic rings. The van der Waals surface area contributed by atoms with Gasteiger partial charge in [0, 0.05) is 37.7 Å². The Bertz CT molecular complexity index is 1010. The van der Waals surface area contributed by atoms with Crippen LogP contribution in [0.1, 0.15) is 74.7 Å². The monoisotopic (exact) mass is 483 g/mol. The molecule has 0 spiro atoms. The van der Waals surface area contributed by atoms with Gasteiger partial charge in [-0.1, -0.05) is 18.8 Å². The first-order chi connectivity index (χ1) is 16.7. The molecule has 2 saturated carbocycles. The summed E-state index contributed by atoms with van der Waals surface area (Å²) in [6.45, 7) is 4.39. The average Bonchev–Trinajstić information content (AvgIpc) is 3.56. The minimum absolute atomic E-state index is 0.0878. The van der Waals surface area contributed by atoms with E-state index in [1.165, 1.54) is 0 Å². The molecular weight excluding hydrogens is 446 g/mol. The van der Waals surface area contributed by atoms with Crippen molar-refractivity contribution in [3.05, 3.63) is 23.4 Å². The standard InChI is InChI=1S/C27H37N3O5/c1-18-15-30(19(2)17-31)26(33)22-12-21(8-11-27(34)9-4-5-10-27)14-28-25(22)35-23(18)16-29(3)24(32)13-20-6-7-20/h12,14,18-20,23,31,34H,4-7,9-10,13,15-17H2,1-3H3/t18-,19+,23-/m0/s1. The number of aliphatic hydroxyl groups excluding tert-OH is 1. The summed E-state index contributed by atoms with van der Waals surface area (Å²) in [7, 11) is 1.79. The first-order valence-electron chi connectivity index (χ1n) is 12.8. The molecule has 0 unspecified atom stereocenters. The number of carbonyl (C=O) groups is 2. The molecule has 0 radical (unpaired) electrons. The fraction of sp³-hybridized carbons (Fsp3) is 0.667. The topological polar surface area (TPSA) is 103 Å². The molecule has 2 heterocycles. The summed E-state index contributed by atoms with van der Waals surface area (Å²) in [5.41, 5.74) is -0.181. The predicted octanol–water partition coefficient (Wildman–Crippen LogP) is 2.22. The van der Waals surface area contributed by atoms with Gasteiger partial charge in [-0.25, -0.2) is 4.98 Å². The Kier molecular flexibility index (Phi) is 7.67. The third kappa shape index (κ3) is 6.14. The molecule has 0 aromatic carbocycles. The number of carbonyl (C=O) groups excluding carboxylic acids is 2. The van der Waals surface area contributed by atoms with Gasteiger partial charge in [0.05, 0.1) is 19.2 Å². The summed E-state index contributed by atoms with van der Waals surface area (Å²) in [6, 6.07) is 1.27. The van der Waals surface area contributed by atoms with Gasteiger partial charge >= 0.3 is 0 Å². The smallest absolute Gasteiger partial charge is 0.259 e. The van der Waals surface area contributed by atoms with Crippen molar-refractivity contribution in [2.45, 2.75) is 76.5 Å². The van der Waals surface area contributed by atoms with Crippen LogP contribution in [0.25, 0.3) is 0 Å². The summed E-state index contributed by atoms with van der Waals surface area (Å²) in [5.74, 6) is 6.40. The first kappa shape index (κ1) is 25.5. The van der Waals surface area contributed by atoms with Gasteiger partial charge < -0.3 is 24.7 Å². The van der Waals surface area contributed by atoms with Crippen molar-refractivity contribution < 1.29 is 24.5 Å². The quantitative estimate of drug-likeness (QED) is 0.602. The van der Waals surface area contributed by atoms with E-state index in [9.17, 15) is 19.8 Å².